The molecule has 8 heteroatoms. The highest BCUT2D eigenvalue weighted by molar-refractivity contribution is 7.13. The van der Waals surface area contributed by atoms with Crippen molar-refractivity contribution in [2.75, 3.05) is 0 Å². The Morgan fingerprint density at radius 2 is 1.89 bits per heavy atom. The van der Waals surface area contributed by atoms with Crippen molar-refractivity contribution in [2.45, 2.75) is 13.0 Å². The molecule has 0 aliphatic rings. The monoisotopic (exact) mass is 393 g/mol. The largest absolute Gasteiger partial charge is 0.343 e. The van der Waals surface area contributed by atoms with Gasteiger partial charge in [0.25, 0.3) is 5.91 Å². The van der Waals surface area contributed by atoms with Crippen molar-refractivity contribution >= 4 is 17.2 Å². The van der Waals surface area contributed by atoms with Crippen molar-refractivity contribution in [1.29, 1.82) is 0 Å². The molecule has 28 heavy (non-hydrogen) atoms. The third-order valence-corrected chi connectivity index (χ3v) is 5.04. The lowest BCUT2D eigenvalue weighted by atomic mass is 10.1. The zero-order valence-electron chi connectivity index (χ0n) is 14.9. The van der Waals surface area contributed by atoms with Gasteiger partial charge in [-0.1, -0.05) is 6.07 Å². The molecule has 3 heterocycles. The van der Waals surface area contributed by atoms with Gasteiger partial charge in [0.1, 0.15) is 5.82 Å². The summed E-state index contributed by atoms with van der Waals surface area (Å²) in [6.07, 6.45) is 3.35. The summed E-state index contributed by atoms with van der Waals surface area (Å²) in [5.74, 6) is -0.148. The third kappa shape index (κ3) is 3.67. The molecule has 0 spiro atoms. The topological polar surface area (TPSA) is 72.7 Å². The van der Waals surface area contributed by atoms with Gasteiger partial charge in [-0.25, -0.2) is 14.1 Å². The molecule has 0 radical (unpaired) electrons. The Hall–Kier alpha value is -3.39. The fourth-order valence-corrected chi connectivity index (χ4v) is 3.43. The molecular weight excluding hydrogens is 377 g/mol. The number of hydrogen-bond donors (Lipinski definition) is 1. The van der Waals surface area contributed by atoms with E-state index in [1.54, 1.807) is 29.2 Å². The molecule has 0 saturated carbocycles. The van der Waals surface area contributed by atoms with Crippen LogP contribution in [0.1, 0.15) is 29.1 Å². The number of amides is 1. The standard InChI is InChI=1S/C20H16FN5OS/c1-13(14-8-10-22-11-9-14)23-20(27)18-24-19(17-3-2-12-28-17)26(25-18)16-6-4-15(21)5-7-16/h2-13H,1H3,(H,23,27). The molecule has 1 atom stereocenters. The minimum absolute atomic E-state index is 0.0497. The molecule has 0 bridgehead atoms. The van der Waals surface area contributed by atoms with E-state index in [9.17, 15) is 9.18 Å². The first kappa shape index (κ1) is 18.0. The average molecular weight is 393 g/mol. The zero-order valence-corrected chi connectivity index (χ0v) is 15.7. The van der Waals surface area contributed by atoms with E-state index in [-0.39, 0.29) is 23.6 Å². The molecule has 0 aliphatic heterocycles. The van der Waals surface area contributed by atoms with Crippen LogP contribution in [0.25, 0.3) is 16.4 Å². The Bertz CT molecular complexity index is 1080. The summed E-state index contributed by atoms with van der Waals surface area (Å²) in [6.45, 7) is 1.88. The number of nitrogens with zero attached hydrogens (tertiary/aromatic N) is 4. The zero-order chi connectivity index (χ0) is 19.5. The van der Waals surface area contributed by atoms with Crippen LogP contribution in [0.2, 0.25) is 0 Å². The molecule has 1 unspecified atom stereocenters. The van der Waals surface area contributed by atoms with Gasteiger partial charge in [0.05, 0.1) is 16.6 Å². The maximum Gasteiger partial charge on any atom is 0.291 e. The maximum atomic E-state index is 13.3. The van der Waals surface area contributed by atoms with Gasteiger partial charge in [0.2, 0.25) is 5.82 Å². The molecule has 4 rings (SSSR count). The van der Waals surface area contributed by atoms with Gasteiger partial charge in [-0.05, 0) is 60.3 Å². The molecule has 1 N–H and O–H groups in total. The van der Waals surface area contributed by atoms with E-state index in [1.165, 1.54) is 23.5 Å². The number of thiophene rings is 1. The maximum absolute atomic E-state index is 13.3. The Labute approximate surface area is 164 Å². The van der Waals surface area contributed by atoms with Gasteiger partial charge in [-0.3, -0.25) is 9.78 Å². The van der Waals surface area contributed by atoms with Gasteiger partial charge in [-0.15, -0.1) is 16.4 Å². The average Bonchev–Trinajstić information content (AvgIpc) is 3.39. The smallest absolute Gasteiger partial charge is 0.291 e. The van der Waals surface area contributed by atoms with Crippen LogP contribution in [0.4, 0.5) is 4.39 Å². The predicted molar refractivity (Wildman–Crippen MR) is 105 cm³/mol. The summed E-state index contributed by atoms with van der Waals surface area (Å²) in [4.78, 5) is 22.0. The molecular formula is C20H16FN5OS. The van der Waals surface area contributed by atoms with Crippen LogP contribution in [0, 0.1) is 5.82 Å². The van der Waals surface area contributed by atoms with Crippen molar-refractivity contribution in [3.05, 3.63) is 83.5 Å². The number of nitrogens with one attached hydrogen (secondary N) is 1. The quantitative estimate of drug-likeness (QED) is 0.556. The first-order chi connectivity index (χ1) is 13.6. The van der Waals surface area contributed by atoms with Gasteiger partial charge in [-0.2, -0.15) is 0 Å². The Kier molecular flexibility index (Phi) is 4.94. The van der Waals surface area contributed by atoms with Crippen LogP contribution in [-0.2, 0) is 0 Å². The lowest BCUT2D eigenvalue weighted by molar-refractivity contribution is 0.0929. The SMILES string of the molecule is CC(NC(=O)c1nc(-c2cccs2)n(-c2ccc(F)cc2)n1)c1ccncc1. The number of hydrogen-bond acceptors (Lipinski definition) is 5. The van der Waals surface area contributed by atoms with E-state index in [0.29, 0.717) is 11.5 Å². The summed E-state index contributed by atoms with van der Waals surface area (Å²) in [6, 6.07) is 13.1. The van der Waals surface area contributed by atoms with Crippen molar-refractivity contribution in [1.82, 2.24) is 25.1 Å². The van der Waals surface area contributed by atoms with Crippen LogP contribution in [0.15, 0.2) is 66.3 Å². The predicted octanol–water partition coefficient (Wildman–Crippen LogP) is 4.02. The van der Waals surface area contributed by atoms with Crippen molar-refractivity contribution in [3.8, 4) is 16.4 Å². The van der Waals surface area contributed by atoms with E-state index in [1.807, 2.05) is 36.6 Å². The highest BCUT2D eigenvalue weighted by atomic mass is 32.1. The molecule has 1 aromatic carbocycles. The Morgan fingerprint density at radius 1 is 1.14 bits per heavy atom. The van der Waals surface area contributed by atoms with Gasteiger partial charge in [0.15, 0.2) is 5.82 Å². The highest BCUT2D eigenvalue weighted by Gasteiger charge is 2.21. The number of benzene rings is 1. The number of pyridine rings is 1. The molecule has 0 saturated heterocycles. The first-order valence-corrected chi connectivity index (χ1v) is 9.47. The number of aromatic nitrogens is 4. The number of halogens is 1. The van der Waals surface area contributed by atoms with E-state index in [4.69, 9.17) is 0 Å². The third-order valence-electron chi connectivity index (χ3n) is 4.18. The number of carbonyl (C=O) groups excluding carboxylic acids is 1. The fourth-order valence-electron chi connectivity index (χ4n) is 2.73. The molecule has 3 aromatic heterocycles. The summed E-state index contributed by atoms with van der Waals surface area (Å²) < 4.78 is 14.9. The van der Waals surface area contributed by atoms with Crippen LogP contribution >= 0.6 is 11.3 Å². The second-order valence-electron chi connectivity index (χ2n) is 6.10. The van der Waals surface area contributed by atoms with Gasteiger partial charge < -0.3 is 5.32 Å². The molecule has 0 aliphatic carbocycles. The van der Waals surface area contributed by atoms with E-state index >= 15 is 0 Å². The van der Waals surface area contributed by atoms with Crippen molar-refractivity contribution in [2.24, 2.45) is 0 Å². The normalized spacial score (nSPS) is 11.9. The summed E-state index contributed by atoms with van der Waals surface area (Å²) in [5, 5.41) is 9.20. The second kappa shape index (κ2) is 7.69. The minimum Gasteiger partial charge on any atom is -0.343 e. The van der Waals surface area contributed by atoms with Gasteiger partial charge >= 0.3 is 0 Å². The summed E-state index contributed by atoms with van der Waals surface area (Å²) >= 11 is 1.49. The number of rotatable bonds is 5. The van der Waals surface area contributed by atoms with Crippen molar-refractivity contribution < 1.29 is 9.18 Å². The Balaban J connectivity index is 1.67. The molecule has 1 amide bonds. The van der Waals surface area contributed by atoms with Crippen LogP contribution in [-0.4, -0.2) is 25.7 Å². The van der Waals surface area contributed by atoms with Crippen molar-refractivity contribution in [3.63, 3.8) is 0 Å². The summed E-state index contributed by atoms with van der Waals surface area (Å²) in [5.41, 5.74) is 1.55. The minimum atomic E-state index is -0.386. The Morgan fingerprint density at radius 3 is 2.57 bits per heavy atom. The molecule has 4 aromatic rings. The first-order valence-electron chi connectivity index (χ1n) is 8.59. The second-order valence-corrected chi connectivity index (χ2v) is 7.05. The van der Waals surface area contributed by atoms with Gasteiger partial charge in [0, 0.05) is 12.4 Å². The lowest BCUT2D eigenvalue weighted by Gasteiger charge is -2.12. The molecule has 140 valence electrons. The molecule has 6 nitrogen and oxygen atoms in total. The number of carbonyl (C=O) groups is 1. The molecule has 0 fully saturated rings. The lowest BCUT2D eigenvalue weighted by Crippen LogP contribution is -2.27. The fraction of sp³-hybridized carbons (Fsp3) is 0.100. The van der Waals surface area contributed by atoms with E-state index in [2.05, 4.69) is 20.4 Å². The van der Waals surface area contributed by atoms with E-state index < -0.39 is 0 Å². The van der Waals surface area contributed by atoms with Crippen LogP contribution in [0.5, 0.6) is 0 Å². The van der Waals surface area contributed by atoms with Crippen LogP contribution in [0.3, 0.4) is 0 Å². The van der Waals surface area contributed by atoms with E-state index in [0.717, 1.165) is 10.4 Å². The highest BCUT2D eigenvalue weighted by Crippen LogP contribution is 2.26. The summed E-state index contributed by atoms with van der Waals surface area (Å²) in [7, 11) is 0. The van der Waals surface area contributed by atoms with Crippen LogP contribution < -0.4 is 5.32 Å².